The van der Waals surface area contributed by atoms with Gasteiger partial charge in [0.2, 0.25) is 0 Å². The molecular formula is C21H34O2. The lowest BCUT2D eigenvalue weighted by atomic mass is 10.0. The molecule has 0 saturated carbocycles. The lowest BCUT2D eigenvalue weighted by Crippen LogP contribution is -2.19. The Hall–Kier alpha value is -1.31. The molecule has 0 aliphatic rings. The topological polar surface area (TPSA) is 26.3 Å². The molecule has 1 aromatic carbocycles. The Morgan fingerprint density at radius 3 is 2.13 bits per heavy atom. The molecule has 0 N–H and O–H groups in total. The van der Waals surface area contributed by atoms with E-state index >= 15 is 0 Å². The van der Waals surface area contributed by atoms with Crippen LogP contribution in [0.25, 0.3) is 0 Å². The molecule has 0 bridgehead atoms. The van der Waals surface area contributed by atoms with E-state index in [0.717, 1.165) is 18.4 Å². The Balaban J connectivity index is 2.10. The lowest BCUT2D eigenvalue weighted by molar-refractivity contribution is -0.148. The third-order valence-corrected chi connectivity index (χ3v) is 4.32. The van der Waals surface area contributed by atoms with Crippen LogP contribution in [-0.2, 0) is 16.0 Å². The van der Waals surface area contributed by atoms with E-state index in [9.17, 15) is 4.79 Å². The molecule has 0 heterocycles. The molecule has 0 saturated heterocycles. The standard InChI is InChI=1S/C21H34O2/c1-3-5-6-7-8-9-10-14-17-20(4-2)23-21(22)18-19-15-12-11-13-16-19/h11-13,15-16,20H,3-10,14,17-18H2,1-2H3. The van der Waals surface area contributed by atoms with Gasteiger partial charge in [-0.15, -0.1) is 0 Å². The molecule has 1 unspecified atom stereocenters. The highest BCUT2D eigenvalue weighted by Crippen LogP contribution is 2.14. The van der Waals surface area contributed by atoms with E-state index in [1.807, 2.05) is 30.3 Å². The molecule has 1 rings (SSSR count). The quantitative estimate of drug-likeness (QED) is 0.325. The van der Waals surface area contributed by atoms with Gasteiger partial charge in [0.05, 0.1) is 6.42 Å². The Morgan fingerprint density at radius 2 is 1.52 bits per heavy atom. The Kier molecular flexibility index (Phi) is 11.3. The van der Waals surface area contributed by atoms with Gasteiger partial charge in [0, 0.05) is 0 Å². The maximum absolute atomic E-state index is 12.0. The summed E-state index contributed by atoms with van der Waals surface area (Å²) in [6.45, 7) is 4.36. The Bertz CT molecular complexity index is 400. The largest absolute Gasteiger partial charge is 0.462 e. The van der Waals surface area contributed by atoms with Crippen molar-refractivity contribution in [2.24, 2.45) is 0 Å². The predicted molar refractivity (Wildman–Crippen MR) is 97.5 cm³/mol. The van der Waals surface area contributed by atoms with Crippen LogP contribution in [0.3, 0.4) is 0 Å². The minimum absolute atomic E-state index is 0.0892. The van der Waals surface area contributed by atoms with Crippen molar-refractivity contribution in [3.8, 4) is 0 Å². The molecule has 1 atom stereocenters. The maximum atomic E-state index is 12.0. The average molecular weight is 319 g/mol. The number of carbonyl (C=O) groups is 1. The van der Waals surface area contributed by atoms with E-state index in [1.54, 1.807) is 0 Å². The van der Waals surface area contributed by atoms with E-state index < -0.39 is 0 Å². The number of hydrogen-bond acceptors (Lipinski definition) is 2. The number of rotatable bonds is 13. The zero-order chi connectivity index (χ0) is 16.8. The first-order valence-electron chi connectivity index (χ1n) is 9.49. The summed E-state index contributed by atoms with van der Waals surface area (Å²) in [7, 11) is 0. The van der Waals surface area contributed by atoms with Crippen molar-refractivity contribution in [1.29, 1.82) is 0 Å². The van der Waals surface area contributed by atoms with Gasteiger partial charge in [-0.05, 0) is 24.8 Å². The van der Waals surface area contributed by atoms with Gasteiger partial charge in [-0.25, -0.2) is 0 Å². The van der Waals surface area contributed by atoms with Crippen molar-refractivity contribution >= 4 is 5.97 Å². The van der Waals surface area contributed by atoms with Gasteiger partial charge in [-0.2, -0.15) is 0 Å². The second-order valence-electron chi connectivity index (χ2n) is 6.45. The van der Waals surface area contributed by atoms with E-state index in [4.69, 9.17) is 4.74 Å². The zero-order valence-corrected chi connectivity index (χ0v) is 15.1. The van der Waals surface area contributed by atoms with E-state index in [-0.39, 0.29) is 12.1 Å². The van der Waals surface area contributed by atoms with Gasteiger partial charge < -0.3 is 4.74 Å². The molecule has 0 aliphatic heterocycles. The first-order chi connectivity index (χ1) is 11.3. The van der Waals surface area contributed by atoms with Crippen LogP contribution in [-0.4, -0.2) is 12.1 Å². The Labute approximate surface area is 142 Å². The van der Waals surface area contributed by atoms with Crippen LogP contribution >= 0.6 is 0 Å². The van der Waals surface area contributed by atoms with Crippen molar-refractivity contribution in [1.82, 2.24) is 0 Å². The predicted octanol–water partition coefficient (Wildman–Crippen LogP) is 6.08. The molecule has 0 spiro atoms. The highest BCUT2D eigenvalue weighted by molar-refractivity contribution is 5.72. The number of benzene rings is 1. The fourth-order valence-corrected chi connectivity index (χ4v) is 2.84. The third kappa shape index (κ3) is 10.1. The fraction of sp³-hybridized carbons (Fsp3) is 0.667. The third-order valence-electron chi connectivity index (χ3n) is 4.32. The number of ether oxygens (including phenoxy) is 1. The molecular weight excluding hydrogens is 284 g/mol. The first-order valence-corrected chi connectivity index (χ1v) is 9.49. The van der Waals surface area contributed by atoms with Gasteiger partial charge in [0.25, 0.3) is 0 Å². The van der Waals surface area contributed by atoms with Gasteiger partial charge in [0.15, 0.2) is 0 Å². The zero-order valence-electron chi connectivity index (χ0n) is 15.1. The summed E-state index contributed by atoms with van der Waals surface area (Å²) < 4.78 is 5.62. The number of esters is 1. The van der Waals surface area contributed by atoms with Crippen molar-refractivity contribution < 1.29 is 9.53 Å². The van der Waals surface area contributed by atoms with Crippen LogP contribution in [0.4, 0.5) is 0 Å². The minimum atomic E-state index is -0.0948. The van der Waals surface area contributed by atoms with E-state index in [1.165, 1.54) is 51.4 Å². The smallest absolute Gasteiger partial charge is 0.310 e. The summed E-state index contributed by atoms with van der Waals surface area (Å²) >= 11 is 0. The van der Waals surface area contributed by atoms with Gasteiger partial charge in [-0.3, -0.25) is 4.79 Å². The summed E-state index contributed by atoms with van der Waals surface area (Å²) in [6, 6.07) is 9.83. The van der Waals surface area contributed by atoms with Crippen molar-refractivity contribution in [2.75, 3.05) is 0 Å². The maximum Gasteiger partial charge on any atom is 0.310 e. The molecule has 2 heteroatoms. The van der Waals surface area contributed by atoms with Crippen LogP contribution in [0.5, 0.6) is 0 Å². The first kappa shape index (κ1) is 19.7. The summed E-state index contributed by atoms with van der Waals surface area (Å²) in [5.74, 6) is -0.0948. The molecule has 0 aliphatic carbocycles. The monoisotopic (exact) mass is 318 g/mol. The average Bonchev–Trinajstić information content (AvgIpc) is 2.57. The summed E-state index contributed by atoms with van der Waals surface area (Å²) in [5, 5.41) is 0. The van der Waals surface area contributed by atoms with E-state index in [2.05, 4.69) is 13.8 Å². The van der Waals surface area contributed by atoms with Crippen molar-refractivity contribution in [2.45, 2.75) is 90.6 Å². The highest BCUT2D eigenvalue weighted by Gasteiger charge is 2.12. The van der Waals surface area contributed by atoms with Crippen LogP contribution in [0, 0.1) is 0 Å². The van der Waals surface area contributed by atoms with Crippen molar-refractivity contribution in [3.05, 3.63) is 35.9 Å². The summed E-state index contributed by atoms with van der Waals surface area (Å²) in [4.78, 5) is 12.0. The molecule has 0 fully saturated rings. The summed E-state index contributed by atoms with van der Waals surface area (Å²) in [5.41, 5.74) is 1.03. The molecule has 2 nitrogen and oxygen atoms in total. The van der Waals surface area contributed by atoms with Crippen LogP contribution in [0.15, 0.2) is 30.3 Å². The van der Waals surface area contributed by atoms with E-state index in [0.29, 0.717) is 6.42 Å². The molecule has 1 aromatic rings. The van der Waals surface area contributed by atoms with Gasteiger partial charge in [-0.1, -0.05) is 89.1 Å². The summed E-state index contributed by atoms with van der Waals surface area (Å²) in [6.07, 6.45) is 12.9. The number of hydrogen-bond donors (Lipinski definition) is 0. The SMILES string of the molecule is CCCCCCCCCCC(CC)OC(=O)Cc1ccccc1. The van der Waals surface area contributed by atoms with Crippen LogP contribution in [0.1, 0.15) is 83.6 Å². The normalized spacial score (nSPS) is 12.1. The second kappa shape index (κ2) is 13.2. The number of carbonyl (C=O) groups excluding carboxylic acids is 1. The molecule has 130 valence electrons. The van der Waals surface area contributed by atoms with Crippen molar-refractivity contribution in [3.63, 3.8) is 0 Å². The molecule has 23 heavy (non-hydrogen) atoms. The Morgan fingerprint density at radius 1 is 0.913 bits per heavy atom. The second-order valence-corrected chi connectivity index (χ2v) is 6.45. The van der Waals surface area contributed by atoms with Gasteiger partial charge in [0.1, 0.15) is 6.10 Å². The fourth-order valence-electron chi connectivity index (χ4n) is 2.84. The van der Waals surface area contributed by atoms with Gasteiger partial charge >= 0.3 is 5.97 Å². The van der Waals surface area contributed by atoms with Crippen LogP contribution < -0.4 is 0 Å². The molecule has 0 aromatic heterocycles. The molecule has 0 radical (unpaired) electrons. The van der Waals surface area contributed by atoms with Crippen LogP contribution in [0.2, 0.25) is 0 Å². The molecule has 0 amide bonds. The lowest BCUT2D eigenvalue weighted by Gasteiger charge is -2.16. The number of unbranched alkanes of at least 4 members (excludes halogenated alkanes) is 7. The minimum Gasteiger partial charge on any atom is -0.462 e. The highest BCUT2D eigenvalue weighted by atomic mass is 16.5.